The van der Waals surface area contributed by atoms with E-state index >= 15 is 0 Å². The van der Waals surface area contributed by atoms with E-state index in [0.29, 0.717) is 5.75 Å². The number of rotatable bonds is 4. The van der Waals surface area contributed by atoms with Gasteiger partial charge in [0.15, 0.2) is 5.78 Å². The van der Waals surface area contributed by atoms with E-state index in [9.17, 15) is 4.79 Å². The van der Waals surface area contributed by atoms with Crippen molar-refractivity contribution in [3.05, 3.63) is 50.6 Å². The van der Waals surface area contributed by atoms with Crippen LogP contribution < -0.4 is 0 Å². The van der Waals surface area contributed by atoms with Crippen molar-refractivity contribution < 1.29 is 4.79 Å². The maximum absolute atomic E-state index is 12.0. The lowest BCUT2D eigenvalue weighted by Crippen LogP contribution is -2.10. The van der Waals surface area contributed by atoms with Crippen LogP contribution in [0.25, 0.3) is 0 Å². The lowest BCUT2D eigenvalue weighted by atomic mass is 9.87. The average molecular weight is 369 g/mol. The average Bonchev–Trinajstić information content (AvgIpc) is 2.82. The van der Waals surface area contributed by atoms with E-state index in [1.165, 1.54) is 16.9 Å². The zero-order chi connectivity index (χ0) is 14.8. The van der Waals surface area contributed by atoms with Crippen molar-refractivity contribution in [3.63, 3.8) is 0 Å². The van der Waals surface area contributed by atoms with Crippen LogP contribution >= 0.6 is 39.0 Å². The molecule has 0 saturated heterocycles. The maximum Gasteiger partial charge on any atom is 0.183 e. The predicted octanol–water partition coefficient (Wildman–Crippen LogP) is 5.78. The van der Waals surface area contributed by atoms with Gasteiger partial charge in [0, 0.05) is 4.90 Å². The number of Topliss-reactive ketones (excluding diaryl/α,β-unsaturated/α-hetero) is 1. The van der Waals surface area contributed by atoms with E-state index < -0.39 is 0 Å². The second-order valence-electron chi connectivity index (χ2n) is 5.59. The number of hydrogen-bond donors (Lipinski definition) is 0. The summed E-state index contributed by atoms with van der Waals surface area (Å²) in [5.74, 6) is 0.674. The summed E-state index contributed by atoms with van der Waals surface area (Å²) in [5.41, 5.74) is 1.48. The SMILES string of the molecule is CC(C)(C)c1ccc(SCC(=O)c2ccc(Br)s2)cc1. The molecule has 0 bridgehead atoms. The van der Waals surface area contributed by atoms with Crippen LogP contribution in [0.15, 0.2) is 45.1 Å². The van der Waals surface area contributed by atoms with Crippen molar-refractivity contribution in [3.8, 4) is 0 Å². The Morgan fingerprint density at radius 2 is 1.80 bits per heavy atom. The Balaban J connectivity index is 1.96. The second-order valence-corrected chi connectivity index (χ2v) is 9.10. The molecule has 4 heteroatoms. The van der Waals surface area contributed by atoms with Crippen LogP contribution in [0.5, 0.6) is 0 Å². The molecule has 1 nitrogen and oxygen atoms in total. The third-order valence-electron chi connectivity index (χ3n) is 2.94. The fraction of sp³-hybridized carbons (Fsp3) is 0.312. The Morgan fingerprint density at radius 3 is 2.30 bits per heavy atom. The number of halogens is 1. The van der Waals surface area contributed by atoms with Crippen LogP contribution in [0.4, 0.5) is 0 Å². The zero-order valence-electron chi connectivity index (χ0n) is 11.8. The molecule has 1 aromatic carbocycles. The van der Waals surface area contributed by atoms with Crippen LogP contribution in [0, 0.1) is 0 Å². The molecule has 106 valence electrons. The first-order chi connectivity index (χ1) is 9.36. The van der Waals surface area contributed by atoms with Crippen molar-refractivity contribution >= 4 is 44.8 Å². The second kappa shape index (κ2) is 6.46. The van der Waals surface area contributed by atoms with Crippen molar-refractivity contribution in [1.82, 2.24) is 0 Å². The van der Waals surface area contributed by atoms with Crippen LogP contribution in [0.2, 0.25) is 0 Å². The Hall–Kier alpha value is -0.580. The third kappa shape index (κ3) is 4.21. The fourth-order valence-electron chi connectivity index (χ4n) is 1.74. The molecule has 0 aliphatic carbocycles. The Bertz CT molecular complexity index is 594. The predicted molar refractivity (Wildman–Crippen MR) is 92.2 cm³/mol. The van der Waals surface area contributed by atoms with Gasteiger partial charge in [-0.3, -0.25) is 4.79 Å². The Kier molecular flexibility index (Phi) is 5.10. The highest BCUT2D eigenvalue weighted by molar-refractivity contribution is 9.11. The number of hydrogen-bond acceptors (Lipinski definition) is 3. The van der Waals surface area contributed by atoms with Gasteiger partial charge in [-0.2, -0.15) is 0 Å². The van der Waals surface area contributed by atoms with Gasteiger partial charge in [-0.05, 0) is 51.2 Å². The lowest BCUT2D eigenvalue weighted by molar-refractivity contribution is 0.102. The molecule has 1 heterocycles. The largest absolute Gasteiger partial charge is 0.292 e. The summed E-state index contributed by atoms with van der Waals surface area (Å²) in [6.45, 7) is 6.61. The quantitative estimate of drug-likeness (QED) is 0.502. The van der Waals surface area contributed by atoms with Gasteiger partial charge in [-0.25, -0.2) is 0 Å². The molecule has 0 amide bonds. The Labute approximate surface area is 136 Å². The van der Waals surface area contributed by atoms with Gasteiger partial charge in [-0.15, -0.1) is 23.1 Å². The van der Waals surface area contributed by atoms with Crippen molar-refractivity contribution in [1.29, 1.82) is 0 Å². The minimum absolute atomic E-state index is 0.169. The molecule has 0 radical (unpaired) electrons. The van der Waals surface area contributed by atoms with Gasteiger partial charge in [-0.1, -0.05) is 32.9 Å². The molecule has 0 N–H and O–H groups in total. The van der Waals surface area contributed by atoms with E-state index in [0.717, 1.165) is 13.6 Å². The van der Waals surface area contributed by atoms with E-state index in [2.05, 4.69) is 61.0 Å². The molecule has 2 aromatic rings. The van der Waals surface area contributed by atoms with Gasteiger partial charge in [0.05, 0.1) is 14.4 Å². The number of carbonyl (C=O) groups excluding carboxylic acids is 1. The summed E-state index contributed by atoms with van der Waals surface area (Å²) >= 11 is 6.47. The van der Waals surface area contributed by atoms with Gasteiger partial charge in [0.2, 0.25) is 0 Å². The molecule has 0 saturated carbocycles. The minimum Gasteiger partial charge on any atom is -0.292 e. The summed E-state index contributed by atoms with van der Waals surface area (Å²) in [4.78, 5) is 14.0. The summed E-state index contributed by atoms with van der Waals surface area (Å²) in [5, 5.41) is 0. The number of thioether (sulfide) groups is 1. The molecule has 0 atom stereocenters. The van der Waals surface area contributed by atoms with Crippen LogP contribution in [-0.2, 0) is 5.41 Å². The van der Waals surface area contributed by atoms with E-state index in [1.54, 1.807) is 11.8 Å². The zero-order valence-corrected chi connectivity index (χ0v) is 15.0. The normalized spacial score (nSPS) is 11.6. The molecule has 0 spiro atoms. The highest BCUT2D eigenvalue weighted by Gasteiger charge is 2.13. The Morgan fingerprint density at radius 1 is 1.15 bits per heavy atom. The third-order valence-corrected chi connectivity index (χ3v) is 5.62. The summed E-state index contributed by atoms with van der Waals surface area (Å²) < 4.78 is 1.00. The molecule has 0 aliphatic rings. The molecule has 0 fully saturated rings. The minimum atomic E-state index is 0.169. The standard InChI is InChI=1S/C16H17BrOS2/c1-16(2,3)11-4-6-12(7-5-11)19-10-13(18)14-8-9-15(17)20-14/h4-9H,10H2,1-3H3. The highest BCUT2D eigenvalue weighted by atomic mass is 79.9. The number of ketones is 1. The van der Waals surface area contributed by atoms with E-state index in [-0.39, 0.29) is 11.2 Å². The van der Waals surface area contributed by atoms with Crippen molar-refractivity contribution in [2.75, 3.05) is 5.75 Å². The lowest BCUT2D eigenvalue weighted by Gasteiger charge is -2.18. The monoisotopic (exact) mass is 368 g/mol. The molecule has 0 unspecified atom stereocenters. The van der Waals surface area contributed by atoms with Crippen LogP contribution in [0.1, 0.15) is 36.0 Å². The number of benzene rings is 1. The topological polar surface area (TPSA) is 17.1 Å². The van der Waals surface area contributed by atoms with Gasteiger partial charge < -0.3 is 0 Å². The van der Waals surface area contributed by atoms with Crippen molar-refractivity contribution in [2.24, 2.45) is 0 Å². The smallest absolute Gasteiger partial charge is 0.183 e. The first kappa shape index (κ1) is 15.8. The molecule has 20 heavy (non-hydrogen) atoms. The highest BCUT2D eigenvalue weighted by Crippen LogP contribution is 2.27. The fourth-order valence-corrected chi connectivity index (χ4v) is 3.93. The maximum atomic E-state index is 12.0. The first-order valence-electron chi connectivity index (χ1n) is 6.38. The molecule has 1 aromatic heterocycles. The van der Waals surface area contributed by atoms with Gasteiger partial charge in [0.1, 0.15) is 0 Å². The van der Waals surface area contributed by atoms with Gasteiger partial charge >= 0.3 is 0 Å². The summed E-state index contributed by atoms with van der Waals surface area (Å²) in [7, 11) is 0. The van der Waals surface area contributed by atoms with E-state index in [1.807, 2.05) is 12.1 Å². The summed E-state index contributed by atoms with van der Waals surface area (Å²) in [6, 6.07) is 12.3. The number of carbonyl (C=O) groups is 1. The number of thiophene rings is 1. The molecule has 0 aliphatic heterocycles. The van der Waals surface area contributed by atoms with Crippen LogP contribution in [-0.4, -0.2) is 11.5 Å². The van der Waals surface area contributed by atoms with Crippen molar-refractivity contribution in [2.45, 2.75) is 31.1 Å². The van der Waals surface area contributed by atoms with Crippen LogP contribution in [0.3, 0.4) is 0 Å². The first-order valence-corrected chi connectivity index (χ1v) is 8.97. The van der Waals surface area contributed by atoms with Gasteiger partial charge in [0.25, 0.3) is 0 Å². The molecular weight excluding hydrogens is 352 g/mol. The summed E-state index contributed by atoms with van der Waals surface area (Å²) in [6.07, 6.45) is 0. The van der Waals surface area contributed by atoms with E-state index in [4.69, 9.17) is 0 Å². The molecular formula is C16H17BrOS2. The molecule has 2 rings (SSSR count).